The van der Waals surface area contributed by atoms with E-state index in [0.29, 0.717) is 17.4 Å². The molecule has 0 saturated heterocycles. The number of rotatable bonds is 4. The molecular formula is C16H17N5O. The minimum atomic E-state index is -0.0993. The summed E-state index contributed by atoms with van der Waals surface area (Å²) in [5.41, 5.74) is 4.05. The first kappa shape index (κ1) is 14.2. The smallest absolute Gasteiger partial charge is 0.249 e. The second kappa shape index (κ2) is 5.93. The number of aromatic nitrogens is 4. The molecule has 3 aromatic rings. The molecule has 6 heteroatoms. The van der Waals surface area contributed by atoms with Gasteiger partial charge in [0, 0.05) is 18.1 Å². The Morgan fingerprint density at radius 2 is 1.91 bits per heavy atom. The van der Waals surface area contributed by atoms with Gasteiger partial charge in [0.1, 0.15) is 11.7 Å². The predicted molar refractivity (Wildman–Crippen MR) is 83.3 cm³/mol. The van der Waals surface area contributed by atoms with Gasteiger partial charge < -0.3 is 9.84 Å². The molecule has 1 aromatic carbocycles. The van der Waals surface area contributed by atoms with Gasteiger partial charge in [-0.1, -0.05) is 23.4 Å². The van der Waals surface area contributed by atoms with Gasteiger partial charge in [0.15, 0.2) is 0 Å². The van der Waals surface area contributed by atoms with E-state index in [4.69, 9.17) is 4.52 Å². The van der Waals surface area contributed by atoms with Crippen molar-refractivity contribution in [3.8, 4) is 11.5 Å². The molecule has 0 spiro atoms. The monoisotopic (exact) mass is 295 g/mol. The Kier molecular flexibility index (Phi) is 3.82. The van der Waals surface area contributed by atoms with Crippen LogP contribution in [0.2, 0.25) is 0 Å². The molecule has 112 valence electrons. The van der Waals surface area contributed by atoms with E-state index in [9.17, 15) is 0 Å². The molecule has 6 nitrogen and oxygen atoms in total. The van der Waals surface area contributed by atoms with E-state index in [2.05, 4.69) is 51.4 Å². The van der Waals surface area contributed by atoms with Crippen molar-refractivity contribution < 1.29 is 4.52 Å². The van der Waals surface area contributed by atoms with E-state index >= 15 is 0 Å². The van der Waals surface area contributed by atoms with Crippen molar-refractivity contribution in [1.29, 1.82) is 0 Å². The van der Waals surface area contributed by atoms with Crippen LogP contribution in [0.15, 0.2) is 41.3 Å². The Morgan fingerprint density at radius 1 is 1.14 bits per heavy atom. The largest absolute Gasteiger partial charge is 0.373 e. The van der Waals surface area contributed by atoms with Crippen LogP contribution < -0.4 is 5.32 Å². The summed E-state index contributed by atoms with van der Waals surface area (Å²) in [4.78, 5) is 12.6. The standard InChI is InChI=1S/C16H17N5O/c1-10-5-4-6-11(2)14(10)19-12(3)16-20-15(21-22-16)13-9-17-7-8-18-13/h4-9,12,19H,1-3H3/t12-/m0/s1. The van der Waals surface area contributed by atoms with E-state index < -0.39 is 0 Å². The molecule has 3 rings (SSSR count). The molecule has 0 fully saturated rings. The average molecular weight is 295 g/mol. The number of benzene rings is 1. The summed E-state index contributed by atoms with van der Waals surface area (Å²) in [6, 6.07) is 6.08. The molecule has 0 aliphatic carbocycles. The lowest BCUT2D eigenvalue weighted by Crippen LogP contribution is -2.09. The highest BCUT2D eigenvalue weighted by Crippen LogP contribution is 2.25. The Bertz CT molecular complexity index is 749. The summed E-state index contributed by atoms with van der Waals surface area (Å²) >= 11 is 0. The third-order valence-corrected chi connectivity index (χ3v) is 3.45. The van der Waals surface area contributed by atoms with Gasteiger partial charge in [-0.2, -0.15) is 4.98 Å². The summed E-state index contributed by atoms with van der Waals surface area (Å²) in [6.45, 7) is 6.13. The Labute approximate surface area is 128 Å². The van der Waals surface area contributed by atoms with Crippen molar-refractivity contribution in [2.45, 2.75) is 26.8 Å². The lowest BCUT2D eigenvalue weighted by atomic mass is 10.1. The lowest BCUT2D eigenvalue weighted by molar-refractivity contribution is 0.367. The molecule has 0 radical (unpaired) electrons. The van der Waals surface area contributed by atoms with Gasteiger partial charge in [0.2, 0.25) is 11.7 Å². The average Bonchev–Trinajstić information content (AvgIpc) is 3.02. The topological polar surface area (TPSA) is 76.7 Å². The van der Waals surface area contributed by atoms with Gasteiger partial charge in [-0.25, -0.2) is 4.98 Å². The molecule has 1 N–H and O–H groups in total. The van der Waals surface area contributed by atoms with Crippen LogP contribution in [0, 0.1) is 13.8 Å². The molecule has 0 amide bonds. The molecule has 0 aliphatic heterocycles. The van der Waals surface area contributed by atoms with Gasteiger partial charge in [0.25, 0.3) is 0 Å². The number of nitrogens with one attached hydrogen (secondary N) is 1. The fraction of sp³-hybridized carbons (Fsp3) is 0.250. The van der Waals surface area contributed by atoms with Crippen LogP contribution in [0.5, 0.6) is 0 Å². The molecule has 0 bridgehead atoms. The van der Waals surface area contributed by atoms with Crippen molar-refractivity contribution >= 4 is 5.69 Å². The summed E-state index contributed by atoms with van der Waals surface area (Å²) in [7, 11) is 0. The van der Waals surface area contributed by atoms with Crippen molar-refractivity contribution in [3.63, 3.8) is 0 Å². The van der Waals surface area contributed by atoms with Crippen LogP contribution >= 0.6 is 0 Å². The number of aryl methyl sites for hydroxylation is 2. The number of anilines is 1. The maximum atomic E-state index is 5.34. The SMILES string of the molecule is Cc1cccc(C)c1N[C@@H](C)c1nc(-c2cnccn2)no1. The highest BCUT2D eigenvalue weighted by Gasteiger charge is 2.17. The summed E-state index contributed by atoms with van der Waals surface area (Å²) in [6.07, 6.45) is 4.82. The molecule has 22 heavy (non-hydrogen) atoms. The lowest BCUT2D eigenvalue weighted by Gasteiger charge is -2.15. The Balaban J connectivity index is 1.82. The first-order valence-electron chi connectivity index (χ1n) is 7.08. The van der Waals surface area contributed by atoms with Crippen molar-refractivity contribution in [2.75, 3.05) is 5.32 Å². The maximum Gasteiger partial charge on any atom is 0.249 e. The van der Waals surface area contributed by atoms with Crippen LogP contribution in [0.4, 0.5) is 5.69 Å². The minimum absolute atomic E-state index is 0.0993. The third-order valence-electron chi connectivity index (χ3n) is 3.45. The van der Waals surface area contributed by atoms with Crippen LogP contribution in [0.1, 0.15) is 30.0 Å². The maximum absolute atomic E-state index is 5.34. The third kappa shape index (κ3) is 2.81. The molecular weight excluding hydrogens is 278 g/mol. The number of para-hydroxylation sites is 1. The van der Waals surface area contributed by atoms with Crippen molar-refractivity contribution in [3.05, 3.63) is 53.8 Å². The van der Waals surface area contributed by atoms with E-state index in [-0.39, 0.29) is 6.04 Å². The zero-order valence-corrected chi connectivity index (χ0v) is 12.7. The zero-order valence-electron chi connectivity index (χ0n) is 12.7. The van der Waals surface area contributed by atoms with Crippen LogP contribution in [0.25, 0.3) is 11.5 Å². The van der Waals surface area contributed by atoms with Crippen molar-refractivity contribution in [1.82, 2.24) is 20.1 Å². The fourth-order valence-corrected chi connectivity index (χ4v) is 2.25. The van der Waals surface area contributed by atoms with Gasteiger partial charge in [-0.05, 0) is 31.9 Å². The zero-order chi connectivity index (χ0) is 15.5. The first-order chi connectivity index (χ1) is 10.6. The summed E-state index contributed by atoms with van der Waals surface area (Å²) < 4.78 is 5.34. The van der Waals surface area contributed by atoms with Crippen molar-refractivity contribution in [2.24, 2.45) is 0 Å². The molecule has 1 atom stereocenters. The highest BCUT2D eigenvalue weighted by molar-refractivity contribution is 5.57. The molecule has 0 aliphatic rings. The second-order valence-electron chi connectivity index (χ2n) is 5.18. The quantitative estimate of drug-likeness (QED) is 0.795. The van der Waals surface area contributed by atoms with Crippen LogP contribution in [0.3, 0.4) is 0 Å². The van der Waals surface area contributed by atoms with Gasteiger partial charge in [-0.3, -0.25) is 4.98 Å². The Hall–Kier alpha value is -2.76. The molecule has 2 heterocycles. The van der Waals surface area contributed by atoms with E-state index in [1.54, 1.807) is 18.6 Å². The molecule has 0 saturated carbocycles. The van der Waals surface area contributed by atoms with E-state index in [1.807, 2.05) is 13.0 Å². The minimum Gasteiger partial charge on any atom is -0.373 e. The number of hydrogen-bond donors (Lipinski definition) is 1. The van der Waals surface area contributed by atoms with Crippen LogP contribution in [-0.2, 0) is 0 Å². The van der Waals surface area contributed by atoms with Crippen LogP contribution in [-0.4, -0.2) is 20.1 Å². The van der Waals surface area contributed by atoms with E-state index in [1.165, 1.54) is 11.1 Å². The van der Waals surface area contributed by atoms with Gasteiger partial charge in [0.05, 0.1) is 6.20 Å². The fourth-order valence-electron chi connectivity index (χ4n) is 2.25. The molecule has 0 unspecified atom stereocenters. The highest BCUT2D eigenvalue weighted by atomic mass is 16.5. The van der Waals surface area contributed by atoms with Gasteiger partial charge >= 0.3 is 0 Å². The summed E-state index contributed by atoms with van der Waals surface area (Å²) in [5, 5.41) is 7.39. The second-order valence-corrected chi connectivity index (χ2v) is 5.18. The van der Waals surface area contributed by atoms with Gasteiger partial charge in [-0.15, -0.1) is 0 Å². The molecule has 2 aromatic heterocycles. The van der Waals surface area contributed by atoms with E-state index in [0.717, 1.165) is 5.69 Å². The normalized spacial score (nSPS) is 12.1. The first-order valence-corrected chi connectivity index (χ1v) is 7.08. The summed E-state index contributed by atoms with van der Waals surface area (Å²) in [5.74, 6) is 0.960. The number of hydrogen-bond acceptors (Lipinski definition) is 6. The number of nitrogens with zero attached hydrogens (tertiary/aromatic N) is 4. The Morgan fingerprint density at radius 3 is 2.59 bits per heavy atom. The predicted octanol–water partition coefficient (Wildman–Crippen LogP) is 3.32.